The van der Waals surface area contributed by atoms with Crippen LogP contribution in [0, 0.1) is 0 Å². The summed E-state index contributed by atoms with van der Waals surface area (Å²) in [4.78, 5) is 27.7. The van der Waals surface area contributed by atoms with Gasteiger partial charge in [-0.2, -0.15) is 0 Å². The SMILES string of the molecule is COc1ccc(CN(C)c2cc3nc4c2ncn4C(=O)N[C@@H]2CC[C@H]2OCc2cc(cc(N4CC(C)(C)OC(C)(C)C4)c2)N3)c(OC)c1. The van der Waals surface area contributed by atoms with E-state index in [9.17, 15) is 4.79 Å². The largest absolute Gasteiger partial charge is 0.497 e. The summed E-state index contributed by atoms with van der Waals surface area (Å²) in [6.45, 7) is 11.0. The van der Waals surface area contributed by atoms with E-state index in [1.165, 1.54) is 4.57 Å². The first kappa shape index (κ1) is 32.0. The topological polar surface area (TPSA) is 115 Å². The molecule has 0 spiro atoms. The van der Waals surface area contributed by atoms with Gasteiger partial charge in [0.2, 0.25) is 0 Å². The van der Waals surface area contributed by atoms with E-state index in [2.05, 4.69) is 66.3 Å². The molecule has 2 fully saturated rings. The van der Waals surface area contributed by atoms with Crippen molar-refractivity contribution in [1.29, 1.82) is 0 Å². The number of morpholine rings is 1. The highest BCUT2D eigenvalue weighted by molar-refractivity contribution is 5.95. The lowest BCUT2D eigenvalue weighted by Gasteiger charge is -2.48. The van der Waals surface area contributed by atoms with E-state index < -0.39 is 0 Å². The maximum Gasteiger partial charge on any atom is 0.328 e. The number of nitrogens with zero attached hydrogens (tertiary/aromatic N) is 5. The first-order valence-corrected chi connectivity index (χ1v) is 16.5. The molecule has 2 aliphatic heterocycles. The highest BCUT2D eigenvalue weighted by Gasteiger charge is 2.39. The summed E-state index contributed by atoms with van der Waals surface area (Å²) in [7, 11) is 5.28. The molecule has 2 aromatic heterocycles. The second-order valence-corrected chi connectivity index (χ2v) is 14.3. The van der Waals surface area contributed by atoms with Crippen LogP contribution in [0.5, 0.6) is 11.5 Å². The molecule has 0 radical (unpaired) electrons. The zero-order valence-electron chi connectivity index (χ0n) is 28.8. The molecular weight excluding hydrogens is 610 g/mol. The Hall–Kier alpha value is -4.55. The zero-order chi connectivity index (χ0) is 33.8. The number of carbonyl (C=O) groups excluding carboxylic acids is 1. The second kappa shape index (κ2) is 12.2. The fourth-order valence-corrected chi connectivity index (χ4v) is 7.20. The molecule has 1 aliphatic carbocycles. The standard InChI is InChI=1S/C36H45N7O5/c1-35(2)19-42(20-36(3,4)48-35)25-13-22-12-24(14-25)38-31-16-28(41(5)17-23-8-9-26(45-6)15-30(23)46-7)32-33(40-31)43(21-37-32)34(44)39-27-10-11-29(27)47-18-22/h8-9,12-16,21,27,29H,10-11,17-20H2,1-7H3,(H,38,40)(H,39,44)/t27-,29-/m1/s1. The van der Waals surface area contributed by atoms with Gasteiger partial charge in [-0.15, -0.1) is 0 Å². The van der Waals surface area contributed by atoms with Crippen LogP contribution in [0.15, 0.2) is 48.8 Å². The Morgan fingerprint density at radius 1 is 1.02 bits per heavy atom. The molecule has 7 rings (SSSR count). The Kier molecular flexibility index (Phi) is 8.11. The van der Waals surface area contributed by atoms with Crippen molar-refractivity contribution in [1.82, 2.24) is 19.9 Å². The molecule has 2 N–H and O–H groups in total. The molecule has 1 amide bonds. The Bertz CT molecular complexity index is 1840. The molecule has 4 heterocycles. The van der Waals surface area contributed by atoms with Crippen LogP contribution in [-0.4, -0.2) is 78.3 Å². The Morgan fingerprint density at radius 3 is 2.52 bits per heavy atom. The fraction of sp³-hybridized carbons (Fsp3) is 0.472. The Morgan fingerprint density at radius 2 is 1.81 bits per heavy atom. The minimum atomic E-state index is -0.312. The number of aromatic nitrogens is 3. The van der Waals surface area contributed by atoms with Crippen molar-refractivity contribution in [3.8, 4) is 11.5 Å². The van der Waals surface area contributed by atoms with E-state index in [0.717, 1.165) is 65.6 Å². The molecule has 4 aromatic rings. The summed E-state index contributed by atoms with van der Waals surface area (Å²) in [6, 6.07) is 13.9. The van der Waals surface area contributed by atoms with E-state index in [0.29, 0.717) is 30.1 Å². The quantitative estimate of drug-likeness (QED) is 0.263. The lowest BCUT2D eigenvalue weighted by atomic mass is 9.89. The van der Waals surface area contributed by atoms with Crippen LogP contribution in [0.3, 0.4) is 0 Å². The molecule has 12 heteroatoms. The van der Waals surface area contributed by atoms with Gasteiger partial charge in [0, 0.05) is 55.8 Å². The van der Waals surface area contributed by atoms with Gasteiger partial charge in [-0.3, -0.25) is 0 Å². The number of nitrogens with one attached hydrogen (secondary N) is 2. The van der Waals surface area contributed by atoms with Gasteiger partial charge in [0.05, 0.1) is 49.9 Å². The van der Waals surface area contributed by atoms with Gasteiger partial charge in [-0.05, 0) is 76.4 Å². The van der Waals surface area contributed by atoms with Crippen LogP contribution in [0.4, 0.5) is 27.7 Å². The monoisotopic (exact) mass is 655 g/mol. The van der Waals surface area contributed by atoms with Crippen LogP contribution >= 0.6 is 0 Å². The van der Waals surface area contributed by atoms with Gasteiger partial charge >= 0.3 is 6.03 Å². The van der Waals surface area contributed by atoms with Gasteiger partial charge in [0.25, 0.3) is 0 Å². The molecular formula is C36H45N7O5. The summed E-state index contributed by atoms with van der Waals surface area (Å²) in [5, 5.41) is 6.74. The number of rotatable bonds is 6. The van der Waals surface area contributed by atoms with Crippen molar-refractivity contribution < 1.29 is 23.7 Å². The molecule has 1 saturated heterocycles. The summed E-state index contributed by atoms with van der Waals surface area (Å²) >= 11 is 0. The van der Waals surface area contributed by atoms with Gasteiger partial charge in [0.15, 0.2) is 5.65 Å². The van der Waals surface area contributed by atoms with Crippen molar-refractivity contribution in [3.63, 3.8) is 0 Å². The highest BCUT2D eigenvalue weighted by atomic mass is 16.5. The molecule has 48 heavy (non-hydrogen) atoms. The number of methoxy groups -OCH3 is 2. The molecule has 2 atom stereocenters. The number of fused-ring (bicyclic) bond motifs is 4. The molecule has 12 nitrogen and oxygen atoms in total. The van der Waals surface area contributed by atoms with E-state index >= 15 is 0 Å². The second-order valence-electron chi connectivity index (χ2n) is 14.3. The van der Waals surface area contributed by atoms with Gasteiger partial charge in [0.1, 0.15) is 29.2 Å². The number of amides is 1. The number of imidazole rings is 1. The predicted molar refractivity (Wildman–Crippen MR) is 186 cm³/mol. The lowest BCUT2D eigenvalue weighted by Crippen LogP contribution is -2.57. The van der Waals surface area contributed by atoms with Gasteiger partial charge in [-0.1, -0.05) is 0 Å². The number of anilines is 4. The van der Waals surface area contributed by atoms with Crippen LogP contribution in [0.2, 0.25) is 0 Å². The maximum atomic E-state index is 13.6. The number of carbonyl (C=O) groups is 1. The molecule has 4 bridgehead atoms. The van der Waals surface area contributed by atoms with E-state index in [1.54, 1.807) is 20.5 Å². The maximum absolute atomic E-state index is 13.6. The molecule has 0 unspecified atom stereocenters. The summed E-state index contributed by atoms with van der Waals surface area (Å²) in [6.07, 6.45) is 3.21. The Labute approximate surface area is 281 Å². The first-order valence-electron chi connectivity index (χ1n) is 16.5. The van der Waals surface area contributed by atoms with Crippen LogP contribution in [-0.2, 0) is 22.6 Å². The Balaban J connectivity index is 1.31. The number of hydrogen-bond acceptors (Lipinski definition) is 10. The average molecular weight is 656 g/mol. The van der Waals surface area contributed by atoms with E-state index in [1.807, 2.05) is 31.3 Å². The first-order chi connectivity index (χ1) is 22.9. The third-order valence-electron chi connectivity index (χ3n) is 9.31. The van der Waals surface area contributed by atoms with E-state index in [-0.39, 0.29) is 29.4 Å². The molecule has 3 aliphatic rings. The van der Waals surface area contributed by atoms with E-state index in [4.69, 9.17) is 28.9 Å². The lowest BCUT2D eigenvalue weighted by molar-refractivity contribution is -0.133. The third-order valence-corrected chi connectivity index (χ3v) is 9.31. The molecule has 254 valence electrons. The third kappa shape index (κ3) is 6.34. The average Bonchev–Trinajstić information content (AvgIpc) is 3.45. The minimum Gasteiger partial charge on any atom is -0.497 e. The van der Waals surface area contributed by atoms with Crippen LogP contribution in [0.25, 0.3) is 11.2 Å². The fourth-order valence-electron chi connectivity index (χ4n) is 7.20. The van der Waals surface area contributed by atoms with Crippen LogP contribution in [0.1, 0.15) is 51.7 Å². The number of ether oxygens (including phenoxy) is 4. The van der Waals surface area contributed by atoms with Gasteiger partial charge < -0.3 is 39.4 Å². The molecule has 2 aromatic carbocycles. The highest BCUT2D eigenvalue weighted by Crippen LogP contribution is 2.36. The normalized spacial score (nSPS) is 21.4. The van der Waals surface area contributed by atoms with Crippen molar-refractivity contribution in [3.05, 3.63) is 59.9 Å². The number of pyridine rings is 1. The number of benzene rings is 2. The molecule has 1 saturated carbocycles. The predicted octanol–water partition coefficient (Wildman–Crippen LogP) is 5.84. The summed E-state index contributed by atoms with van der Waals surface area (Å²) in [5.74, 6) is 2.03. The summed E-state index contributed by atoms with van der Waals surface area (Å²) in [5.41, 5.74) is 5.25. The van der Waals surface area contributed by atoms with Crippen molar-refractivity contribution in [2.24, 2.45) is 0 Å². The zero-order valence-corrected chi connectivity index (χ0v) is 28.8. The van der Waals surface area contributed by atoms with Gasteiger partial charge in [-0.25, -0.2) is 19.3 Å². The number of hydrogen-bond donors (Lipinski definition) is 2. The van der Waals surface area contributed by atoms with Crippen LogP contribution < -0.4 is 29.9 Å². The van der Waals surface area contributed by atoms with Crippen molar-refractivity contribution in [2.45, 2.75) is 77.0 Å². The smallest absolute Gasteiger partial charge is 0.328 e. The minimum absolute atomic E-state index is 0.0716. The summed E-state index contributed by atoms with van der Waals surface area (Å²) < 4.78 is 25.4. The van der Waals surface area contributed by atoms with Crippen molar-refractivity contribution in [2.75, 3.05) is 49.5 Å². The van der Waals surface area contributed by atoms with Crippen molar-refractivity contribution >= 4 is 40.1 Å².